The van der Waals surface area contributed by atoms with Gasteiger partial charge in [-0.2, -0.15) is 0 Å². The second kappa shape index (κ2) is 15.1. The lowest BCUT2D eigenvalue weighted by molar-refractivity contribution is -0.163. The molecule has 4 aliphatic heterocycles. The summed E-state index contributed by atoms with van der Waals surface area (Å²) >= 11 is 0. The average Bonchev–Trinajstić information content (AvgIpc) is 3.70. The number of methoxy groups -OCH3 is 1. The van der Waals surface area contributed by atoms with Gasteiger partial charge in [-0.15, -0.1) is 0 Å². The van der Waals surface area contributed by atoms with E-state index in [-0.39, 0.29) is 43.9 Å². The molecule has 4 aliphatic rings. The summed E-state index contributed by atoms with van der Waals surface area (Å²) in [6.07, 6.45) is 8.32. The molecule has 5 rings (SSSR count). The van der Waals surface area contributed by atoms with Crippen LogP contribution in [0.15, 0.2) is 54.6 Å². The number of unbranched alkanes of at least 4 members (excludes halogenated alkanes) is 1. The highest BCUT2D eigenvalue weighted by Gasteiger charge is 2.74. The van der Waals surface area contributed by atoms with E-state index in [2.05, 4.69) is 5.32 Å². The molecule has 0 saturated carbocycles. The molecule has 8 atom stereocenters. The molecule has 2 fully saturated rings. The predicted octanol–water partition coefficient (Wildman–Crippen LogP) is 2.94. The first-order valence-corrected chi connectivity index (χ1v) is 16.9. The molecule has 2 saturated heterocycles. The second-order valence-electron chi connectivity index (χ2n) is 13.5. The number of carbonyl (C=O) groups is 4. The van der Waals surface area contributed by atoms with Crippen molar-refractivity contribution in [3.8, 4) is 0 Å². The topological polar surface area (TPSA) is 135 Å². The van der Waals surface area contributed by atoms with Gasteiger partial charge in [0.05, 0.1) is 37.3 Å². The number of benzene rings is 1. The van der Waals surface area contributed by atoms with Gasteiger partial charge in [0.1, 0.15) is 23.7 Å². The summed E-state index contributed by atoms with van der Waals surface area (Å²) in [6, 6.07) is 6.71. The van der Waals surface area contributed by atoms with E-state index in [1.165, 1.54) is 12.0 Å². The zero-order chi connectivity index (χ0) is 33.7. The summed E-state index contributed by atoms with van der Waals surface area (Å²) in [7, 11) is 1.52. The van der Waals surface area contributed by atoms with Crippen molar-refractivity contribution >= 4 is 23.7 Å². The van der Waals surface area contributed by atoms with Crippen molar-refractivity contribution in [2.24, 2.45) is 17.8 Å². The molecular formula is C36H49N3O8. The number of aliphatic hydroxyl groups is 1. The lowest BCUT2D eigenvalue weighted by atomic mass is 9.74. The molecule has 1 aromatic rings. The zero-order valence-corrected chi connectivity index (χ0v) is 27.9. The number of carbonyl (C=O) groups excluding carboxylic acids is 4. The van der Waals surface area contributed by atoms with Crippen LogP contribution in [0.5, 0.6) is 0 Å². The fourth-order valence-corrected chi connectivity index (χ4v) is 7.61. The molecule has 0 radical (unpaired) electrons. The monoisotopic (exact) mass is 651 g/mol. The molecule has 47 heavy (non-hydrogen) atoms. The number of rotatable bonds is 10. The quantitative estimate of drug-likeness (QED) is 0.292. The van der Waals surface area contributed by atoms with E-state index >= 15 is 0 Å². The lowest BCUT2D eigenvalue weighted by Crippen LogP contribution is -2.58. The molecule has 11 heteroatoms. The van der Waals surface area contributed by atoms with Crippen molar-refractivity contribution in [1.82, 2.24) is 15.1 Å². The summed E-state index contributed by atoms with van der Waals surface area (Å²) in [5.41, 5.74) is -0.733. The Kier molecular flexibility index (Phi) is 11.2. The van der Waals surface area contributed by atoms with Gasteiger partial charge in [0, 0.05) is 26.6 Å². The Balaban J connectivity index is 1.61. The number of aliphatic hydroxyl groups excluding tert-OH is 1. The molecule has 256 valence electrons. The molecule has 1 spiro atoms. The van der Waals surface area contributed by atoms with Gasteiger partial charge < -0.3 is 34.4 Å². The van der Waals surface area contributed by atoms with Gasteiger partial charge in [-0.3, -0.25) is 19.2 Å². The molecule has 5 bridgehead atoms. The molecule has 3 amide bonds. The third-order valence-corrected chi connectivity index (χ3v) is 9.72. The third kappa shape index (κ3) is 6.89. The SMILES string of the molecule is CCCCN1C/C=C\CCC(=O)N[C@H](COC)[C@@H](c2ccccc2)OC(=O)[C@@H]2[C@@H]3C=C[C@]4(O3)[C@H](C1=O)N([C@@H](CO)CC(C)C)C(=O)[C@@H]24. The Morgan fingerprint density at radius 1 is 1.11 bits per heavy atom. The van der Waals surface area contributed by atoms with E-state index in [1.807, 2.05) is 63.3 Å². The van der Waals surface area contributed by atoms with Crippen molar-refractivity contribution in [1.29, 1.82) is 0 Å². The fourth-order valence-electron chi connectivity index (χ4n) is 7.61. The fraction of sp³-hybridized carbons (Fsp3) is 0.611. The number of allylic oxidation sites excluding steroid dienone is 1. The maximum Gasteiger partial charge on any atom is 0.313 e. The van der Waals surface area contributed by atoms with Gasteiger partial charge in [-0.1, -0.05) is 81.8 Å². The Hall–Kier alpha value is -3.54. The number of amides is 3. The summed E-state index contributed by atoms with van der Waals surface area (Å²) in [5.74, 6) is -3.50. The minimum Gasteiger partial charge on any atom is -0.455 e. The number of cyclic esters (lactones) is 1. The largest absolute Gasteiger partial charge is 0.455 e. The van der Waals surface area contributed by atoms with Crippen LogP contribution >= 0.6 is 0 Å². The minimum atomic E-state index is -1.39. The van der Waals surface area contributed by atoms with Crippen LogP contribution < -0.4 is 5.32 Å². The first kappa shape index (κ1) is 34.8. The molecule has 2 N–H and O–H groups in total. The smallest absolute Gasteiger partial charge is 0.313 e. The molecule has 0 unspecified atom stereocenters. The molecular weight excluding hydrogens is 602 g/mol. The number of nitrogens with zero attached hydrogens (tertiary/aromatic N) is 2. The molecule has 1 aromatic carbocycles. The summed E-state index contributed by atoms with van der Waals surface area (Å²) in [5, 5.41) is 13.6. The second-order valence-corrected chi connectivity index (χ2v) is 13.5. The van der Waals surface area contributed by atoms with Crippen molar-refractivity contribution in [3.63, 3.8) is 0 Å². The number of likely N-dealkylation sites (tertiary alicyclic amines) is 1. The van der Waals surface area contributed by atoms with Crippen LogP contribution in [0.2, 0.25) is 0 Å². The number of esters is 1. The van der Waals surface area contributed by atoms with Crippen molar-refractivity contribution in [2.45, 2.75) is 88.8 Å². The Labute approximate surface area is 277 Å². The van der Waals surface area contributed by atoms with Gasteiger partial charge in [-0.05, 0) is 30.7 Å². The number of ether oxygens (including phenoxy) is 3. The predicted molar refractivity (Wildman–Crippen MR) is 174 cm³/mol. The van der Waals surface area contributed by atoms with E-state index in [0.29, 0.717) is 24.9 Å². The van der Waals surface area contributed by atoms with Gasteiger partial charge in [0.25, 0.3) is 0 Å². The van der Waals surface area contributed by atoms with E-state index in [9.17, 15) is 24.3 Å². The number of hydrogen-bond donors (Lipinski definition) is 2. The summed E-state index contributed by atoms with van der Waals surface area (Å²) in [4.78, 5) is 60.0. The molecule has 4 heterocycles. The van der Waals surface area contributed by atoms with Crippen LogP contribution in [0.25, 0.3) is 0 Å². The average molecular weight is 652 g/mol. The van der Waals surface area contributed by atoms with E-state index in [0.717, 1.165) is 12.8 Å². The first-order chi connectivity index (χ1) is 22.7. The maximum absolute atomic E-state index is 14.7. The number of fused-ring (bicyclic) bond motifs is 2. The van der Waals surface area contributed by atoms with E-state index < -0.39 is 59.6 Å². The Bertz CT molecular complexity index is 1350. The molecule has 11 nitrogen and oxygen atoms in total. The van der Waals surface area contributed by atoms with E-state index in [4.69, 9.17) is 14.2 Å². The van der Waals surface area contributed by atoms with Gasteiger partial charge in [-0.25, -0.2) is 0 Å². The van der Waals surface area contributed by atoms with Crippen LogP contribution in [0.3, 0.4) is 0 Å². The number of nitrogens with one attached hydrogen (secondary N) is 1. The van der Waals surface area contributed by atoms with Crippen LogP contribution in [0.1, 0.15) is 64.5 Å². The normalized spacial score (nSPS) is 32.5. The lowest BCUT2D eigenvalue weighted by Gasteiger charge is -2.39. The van der Waals surface area contributed by atoms with Crippen LogP contribution in [0.4, 0.5) is 0 Å². The van der Waals surface area contributed by atoms with Gasteiger partial charge in [0.2, 0.25) is 17.7 Å². The van der Waals surface area contributed by atoms with Crippen LogP contribution in [-0.4, -0.2) is 102 Å². The van der Waals surface area contributed by atoms with Gasteiger partial charge >= 0.3 is 5.97 Å². The molecule has 0 aliphatic carbocycles. The maximum atomic E-state index is 14.7. The van der Waals surface area contributed by atoms with Crippen molar-refractivity contribution < 1.29 is 38.5 Å². The van der Waals surface area contributed by atoms with Crippen LogP contribution in [-0.2, 0) is 33.4 Å². The first-order valence-electron chi connectivity index (χ1n) is 16.9. The highest BCUT2D eigenvalue weighted by molar-refractivity contribution is 5.99. The van der Waals surface area contributed by atoms with E-state index in [1.54, 1.807) is 17.1 Å². The number of hydrogen-bond acceptors (Lipinski definition) is 8. The van der Waals surface area contributed by atoms with Crippen LogP contribution in [0, 0.1) is 17.8 Å². The minimum absolute atomic E-state index is 0.0787. The Morgan fingerprint density at radius 3 is 2.55 bits per heavy atom. The summed E-state index contributed by atoms with van der Waals surface area (Å²) < 4.78 is 18.3. The highest BCUT2D eigenvalue weighted by atomic mass is 16.6. The standard InChI is InChI=1S/C36H49N3O8/c1-5-6-18-38-19-12-8-11-15-28(41)37-26(22-45-4)31(24-13-9-7-10-14-24)46-35(44)29-27-16-17-36(47-27)30(29)33(42)39(32(36)34(38)43)25(21-40)20-23(2)3/h7-10,12-14,16-17,23,25-27,29-32,40H,5-6,11,15,18-22H2,1-4H3,(H,37,41)/b12-8-/t25-,26-,27+,29-,30-,31-,32+,36-/m1/s1. The third-order valence-electron chi connectivity index (χ3n) is 9.72. The summed E-state index contributed by atoms with van der Waals surface area (Å²) in [6.45, 7) is 6.55. The zero-order valence-electron chi connectivity index (χ0n) is 27.9. The molecule has 0 aromatic heterocycles. The van der Waals surface area contributed by atoms with Crippen molar-refractivity contribution in [2.75, 3.05) is 33.4 Å². The Morgan fingerprint density at radius 2 is 1.87 bits per heavy atom. The van der Waals surface area contributed by atoms with Gasteiger partial charge in [0.15, 0.2) is 0 Å². The highest BCUT2D eigenvalue weighted by Crippen LogP contribution is 2.56. The van der Waals surface area contributed by atoms with Crippen molar-refractivity contribution in [3.05, 3.63) is 60.2 Å².